The lowest BCUT2D eigenvalue weighted by molar-refractivity contribution is 0.0600. The fourth-order valence-electron chi connectivity index (χ4n) is 3.59. The highest BCUT2D eigenvalue weighted by Crippen LogP contribution is 2.23. The van der Waals surface area contributed by atoms with Gasteiger partial charge in [-0.2, -0.15) is 0 Å². The number of methoxy groups -OCH3 is 2. The monoisotopic (exact) mass is 468 g/mol. The maximum atomic E-state index is 13.2. The molecule has 0 aliphatic heterocycles. The number of ether oxygens (including phenoxy) is 2. The molecule has 0 aliphatic rings. The quantitative estimate of drug-likeness (QED) is 0.153. The molecule has 0 radical (unpaired) electrons. The van der Waals surface area contributed by atoms with Crippen LogP contribution in [0.1, 0.15) is 43.8 Å². The molecule has 0 spiro atoms. The number of ketones is 1. The summed E-state index contributed by atoms with van der Waals surface area (Å²) in [6.45, 7) is 6.83. The number of fused-ring (bicyclic) bond motifs is 1. The van der Waals surface area contributed by atoms with Crippen molar-refractivity contribution in [1.29, 1.82) is 0 Å². The summed E-state index contributed by atoms with van der Waals surface area (Å²) in [4.78, 5) is 42.8. The minimum atomic E-state index is -0.502. The van der Waals surface area contributed by atoms with Crippen LogP contribution in [0.5, 0.6) is 0 Å². The van der Waals surface area contributed by atoms with E-state index in [1.54, 1.807) is 29.9 Å². The Kier molecular flexibility index (Phi) is 8.05. The lowest BCUT2D eigenvalue weighted by Crippen LogP contribution is -2.24. The van der Waals surface area contributed by atoms with Crippen LogP contribution in [-0.2, 0) is 16.0 Å². The van der Waals surface area contributed by atoms with Gasteiger partial charge in [0, 0.05) is 25.8 Å². The maximum Gasteiger partial charge on any atom is 0.337 e. The molecule has 2 aromatic carbocycles. The first kappa shape index (κ1) is 24.7. The molecule has 1 heterocycles. The number of Topliss-reactive ketones (excluding diaryl/α,β-unsaturated/α-hetero) is 1. The van der Waals surface area contributed by atoms with E-state index in [-0.39, 0.29) is 17.1 Å². The van der Waals surface area contributed by atoms with Gasteiger partial charge >= 0.3 is 5.97 Å². The number of aromatic nitrogens is 2. The van der Waals surface area contributed by atoms with E-state index in [4.69, 9.17) is 9.47 Å². The third kappa shape index (κ3) is 5.51. The molecule has 0 fully saturated rings. The highest BCUT2D eigenvalue weighted by Gasteiger charge is 2.17. The molecule has 0 atom stereocenters. The minimum Gasteiger partial charge on any atom is -0.465 e. The van der Waals surface area contributed by atoms with E-state index in [2.05, 4.69) is 4.98 Å². The summed E-state index contributed by atoms with van der Waals surface area (Å²) in [5.74, 6) is -0.387. The number of carbonyl (C=O) groups excluding carboxylic acids is 2. The highest BCUT2D eigenvalue weighted by molar-refractivity contribution is 7.99. The van der Waals surface area contributed by atoms with E-state index in [1.807, 2.05) is 32.9 Å². The predicted molar refractivity (Wildman–Crippen MR) is 130 cm³/mol. The molecular formula is C25H28N2O5S. The van der Waals surface area contributed by atoms with Gasteiger partial charge in [0.25, 0.3) is 5.56 Å². The molecule has 3 rings (SSSR count). The lowest BCUT2D eigenvalue weighted by Gasteiger charge is -2.14. The van der Waals surface area contributed by atoms with E-state index >= 15 is 0 Å². The fourth-order valence-corrected chi connectivity index (χ4v) is 4.50. The number of carbonyl (C=O) groups is 2. The Balaban J connectivity index is 1.98. The van der Waals surface area contributed by atoms with Gasteiger partial charge in [0.15, 0.2) is 10.9 Å². The molecule has 0 saturated carbocycles. The summed E-state index contributed by atoms with van der Waals surface area (Å²) in [6, 6.07) is 8.60. The number of rotatable bonds is 9. The molecule has 0 saturated heterocycles. The second kappa shape index (κ2) is 10.8. The van der Waals surface area contributed by atoms with Gasteiger partial charge in [-0.25, -0.2) is 9.78 Å². The third-order valence-electron chi connectivity index (χ3n) is 5.55. The summed E-state index contributed by atoms with van der Waals surface area (Å²) in [5, 5.41) is 0.834. The van der Waals surface area contributed by atoms with Crippen LogP contribution in [0.15, 0.2) is 40.3 Å². The second-order valence-corrected chi connectivity index (χ2v) is 8.83. The average molecular weight is 469 g/mol. The van der Waals surface area contributed by atoms with Crippen LogP contribution < -0.4 is 5.56 Å². The fraction of sp³-hybridized carbons (Fsp3) is 0.360. The molecule has 3 aromatic rings. The lowest BCUT2D eigenvalue weighted by atomic mass is 9.99. The van der Waals surface area contributed by atoms with Crippen LogP contribution in [0.3, 0.4) is 0 Å². The maximum absolute atomic E-state index is 13.2. The van der Waals surface area contributed by atoms with Crippen LogP contribution in [0, 0.1) is 20.8 Å². The van der Waals surface area contributed by atoms with Crippen LogP contribution >= 0.6 is 11.8 Å². The van der Waals surface area contributed by atoms with Gasteiger partial charge in [0.2, 0.25) is 0 Å². The van der Waals surface area contributed by atoms with E-state index in [1.165, 1.54) is 18.9 Å². The van der Waals surface area contributed by atoms with Gasteiger partial charge in [-0.05, 0) is 68.1 Å². The van der Waals surface area contributed by atoms with Crippen LogP contribution in [0.2, 0.25) is 0 Å². The Morgan fingerprint density at radius 2 is 1.76 bits per heavy atom. The van der Waals surface area contributed by atoms with Crippen molar-refractivity contribution in [2.24, 2.45) is 0 Å². The Morgan fingerprint density at radius 1 is 1.03 bits per heavy atom. The number of thioether (sulfide) groups is 1. The molecular weight excluding hydrogens is 440 g/mol. The average Bonchev–Trinajstić information content (AvgIpc) is 2.80. The van der Waals surface area contributed by atoms with Crippen molar-refractivity contribution in [3.05, 3.63) is 68.5 Å². The molecule has 8 heteroatoms. The largest absolute Gasteiger partial charge is 0.465 e. The van der Waals surface area contributed by atoms with Crippen LogP contribution in [0.25, 0.3) is 10.9 Å². The highest BCUT2D eigenvalue weighted by atomic mass is 32.2. The van der Waals surface area contributed by atoms with Gasteiger partial charge in [-0.15, -0.1) is 0 Å². The zero-order chi connectivity index (χ0) is 24.1. The van der Waals surface area contributed by atoms with Gasteiger partial charge in [-0.1, -0.05) is 17.8 Å². The first-order valence-corrected chi connectivity index (χ1v) is 11.6. The smallest absolute Gasteiger partial charge is 0.337 e. The topological polar surface area (TPSA) is 87.5 Å². The zero-order valence-electron chi connectivity index (χ0n) is 19.6. The summed E-state index contributed by atoms with van der Waals surface area (Å²) in [6.07, 6.45) is 0.627. The minimum absolute atomic E-state index is 0.0262. The Bertz CT molecular complexity index is 1270. The van der Waals surface area contributed by atoms with Crippen molar-refractivity contribution in [3.8, 4) is 0 Å². The molecule has 7 nitrogen and oxygen atoms in total. The number of esters is 1. The Labute approximate surface area is 197 Å². The van der Waals surface area contributed by atoms with Crippen molar-refractivity contribution in [1.82, 2.24) is 9.55 Å². The molecule has 0 aliphatic carbocycles. The van der Waals surface area contributed by atoms with Crippen molar-refractivity contribution >= 4 is 34.4 Å². The Hall–Kier alpha value is -2.97. The van der Waals surface area contributed by atoms with Crippen LogP contribution in [0.4, 0.5) is 0 Å². The van der Waals surface area contributed by atoms with Gasteiger partial charge in [-0.3, -0.25) is 14.2 Å². The number of benzene rings is 2. The second-order valence-electron chi connectivity index (χ2n) is 7.88. The third-order valence-corrected chi connectivity index (χ3v) is 6.52. The van der Waals surface area contributed by atoms with Crippen molar-refractivity contribution in [2.45, 2.75) is 38.9 Å². The summed E-state index contributed by atoms with van der Waals surface area (Å²) >= 11 is 1.22. The first-order valence-electron chi connectivity index (χ1n) is 10.6. The molecule has 0 amide bonds. The number of hydrogen-bond donors (Lipinski definition) is 0. The number of aryl methyl sites for hydroxylation is 3. The number of hydrogen-bond acceptors (Lipinski definition) is 7. The van der Waals surface area contributed by atoms with Crippen molar-refractivity contribution < 1.29 is 19.1 Å². The van der Waals surface area contributed by atoms with Crippen molar-refractivity contribution in [2.75, 3.05) is 26.6 Å². The summed E-state index contributed by atoms with van der Waals surface area (Å²) in [5.41, 5.74) is 4.29. The SMILES string of the molecule is COCCCn1c(SCC(=O)c2cc(C)c(C)cc2C)nc2cc(C(=O)OC)ccc2c1=O. The predicted octanol–water partition coefficient (Wildman–Crippen LogP) is 4.12. The van der Waals surface area contributed by atoms with Crippen molar-refractivity contribution in [3.63, 3.8) is 0 Å². The normalized spacial score (nSPS) is 11.1. The molecule has 0 N–H and O–H groups in total. The van der Waals surface area contributed by atoms with Gasteiger partial charge < -0.3 is 9.47 Å². The first-order chi connectivity index (χ1) is 15.8. The van der Waals surface area contributed by atoms with Gasteiger partial charge in [0.05, 0.1) is 29.3 Å². The zero-order valence-corrected chi connectivity index (χ0v) is 20.4. The van der Waals surface area contributed by atoms with Gasteiger partial charge in [0.1, 0.15) is 0 Å². The summed E-state index contributed by atoms with van der Waals surface area (Å²) in [7, 11) is 2.91. The molecule has 1 aromatic heterocycles. The molecule has 174 valence electrons. The van der Waals surface area contributed by atoms with E-state index in [9.17, 15) is 14.4 Å². The van der Waals surface area contributed by atoms with E-state index < -0.39 is 5.97 Å². The summed E-state index contributed by atoms with van der Waals surface area (Å²) < 4.78 is 11.5. The Morgan fingerprint density at radius 3 is 2.45 bits per heavy atom. The standard InChI is InChI=1S/C25H28N2O5S/c1-15-11-17(3)20(12-16(15)2)22(28)14-33-25-26-21-13-18(24(30)32-5)7-8-19(21)23(29)27(25)9-6-10-31-4/h7-8,11-13H,6,9-10,14H2,1-5H3. The van der Waals surface area contributed by atoms with Crippen LogP contribution in [-0.4, -0.2) is 47.9 Å². The van der Waals surface area contributed by atoms with E-state index in [0.29, 0.717) is 46.8 Å². The molecule has 0 unspecified atom stereocenters. The number of nitrogens with zero attached hydrogens (tertiary/aromatic N) is 2. The van der Waals surface area contributed by atoms with E-state index in [0.717, 1.165) is 16.7 Å². The molecule has 0 bridgehead atoms. The molecule has 33 heavy (non-hydrogen) atoms.